The zero-order valence-corrected chi connectivity index (χ0v) is 15.5. The largest absolute Gasteiger partial charge is 0.497 e. The molecule has 0 bridgehead atoms. The number of benzene rings is 2. The Bertz CT molecular complexity index is 756. The summed E-state index contributed by atoms with van der Waals surface area (Å²) >= 11 is 0. The molecule has 3 rings (SSSR count). The van der Waals surface area contributed by atoms with Crippen molar-refractivity contribution in [1.82, 2.24) is 0 Å². The van der Waals surface area contributed by atoms with Crippen LogP contribution in [-0.2, 0) is 12.8 Å². The molecule has 0 spiro atoms. The minimum Gasteiger partial charge on any atom is -0.497 e. The predicted molar refractivity (Wildman–Crippen MR) is 101 cm³/mol. The lowest BCUT2D eigenvalue weighted by molar-refractivity contribution is 0.174. The second-order valence-corrected chi connectivity index (χ2v) is 6.64. The standard InChI is InChI=1S/C22H26O3/c1-15(2)5-12-19-21(24-4)14-9-17-8-13-20(25-22(17)19)16-6-10-18(23-3)11-7-16/h5-7,9-11,14,20H,8,12-13H2,1-4H3/t20-/m1/s1. The van der Waals surface area contributed by atoms with Gasteiger partial charge in [0.2, 0.25) is 0 Å². The van der Waals surface area contributed by atoms with E-state index in [1.807, 2.05) is 12.1 Å². The van der Waals surface area contributed by atoms with Crippen LogP contribution in [0.2, 0.25) is 0 Å². The van der Waals surface area contributed by atoms with Crippen molar-refractivity contribution in [2.45, 2.75) is 39.2 Å². The molecule has 1 heterocycles. The first-order chi connectivity index (χ1) is 12.1. The Labute approximate surface area is 150 Å². The third-order valence-electron chi connectivity index (χ3n) is 4.66. The first-order valence-corrected chi connectivity index (χ1v) is 8.75. The van der Waals surface area contributed by atoms with Gasteiger partial charge in [0.05, 0.1) is 14.2 Å². The van der Waals surface area contributed by atoms with Crippen LogP contribution in [0, 0.1) is 0 Å². The number of allylic oxidation sites excluding steroid dienone is 2. The van der Waals surface area contributed by atoms with Crippen molar-refractivity contribution in [3.05, 3.63) is 64.7 Å². The van der Waals surface area contributed by atoms with Crippen LogP contribution in [0.25, 0.3) is 0 Å². The van der Waals surface area contributed by atoms with E-state index < -0.39 is 0 Å². The van der Waals surface area contributed by atoms with E-state index >= 15 is 0 Å². The van der Waals surface area contributed by atoms with Crippen molar-refractivity contribution >= 4 is 0 Å². The van der Waals surface area contributed by atoms with Gasteiger partial charge in [-0.05, 0) is 62.4 Å². The molecule has 0 amide bonds. The molecule has 3 nitrogen and oxygen atoms in total. The zero-order valence-electron chi connectivity index (χ0n) is 15.5. The van der Waals surface area contributed by atoms with Gasteiger partial charge < -0.3 is 14.2 Å². The van der Waals surface area contributed by atoms with Crippen molar-refractivity contribution in [2.75, 3.05) is 14.2 Å². The molecular formula is C22H26O3. The molecule has 0 saturated carbocycles. The highest BCUT2D eigenvalue weighted by molar-refractivity contribution is 5.52. The second-order valence-electron chi connectivity index (χ2n) is 6.64. The van der Waals surface area contributed by atoms with E-state index in [4.69, 9.17) is 14.2 Å². The van der Waals surface area contributed by atoms with Gasteiger partial charge >= 0.3 is 0 Å². The molecule has 25 heavy (non-hydrogen) atoms. The molecule has 0 aromatic heterocycles. The van der Waals surface area contributed by atoms with E-state index in [0.29, 0.717) is 0 Å². The summed E-state index contributed by atoms with van der Waals surface area (Å²) in [6.45, 7) is 4.23. The number of rotatable bonds is 5. The van der Waals surface area contributed by atoms with Crippen LogP contribution in [0.3, 0.4) is 0 Å². The van der Waals surface area contributed by atoms with Crippen LogP contribution in [0.1, 0.15) is 43.1 Å². The lowest BCUT2D eigenvalue weighted by Gasteiger charge is -2.29. The van der Waals surface area contributed by atoms with Crippen LogP contribution in [0.5, 0.6) is 17.2 Å². The van der Waals surface area contributed by atoms with Crippen LogP contribution in [0.15, 0.2) is 48.0 Å². The summed E-state index contributed by atoms with van der Waals surface area (Å²) in [4.78, 5) is 0. The molecule has 132 valence electrons. The predicted octanol–water partition coefficient (Wildman–Crippen LogP) is 5.28. The molecule has 1 aliphatic rings. The van der Waals surface area contributed by atoms with Gasteiger partial charge in [-0.15, -0.1) is 0 Å². The first kappa shape index (κ1) is 17.4. The number of ether oxygens (including phenoxy) is 3. The van der Waals surface area contributed by atoms with E-state index in [2.05, 4.69) is 44.2 Å². The minimum absolute atomic E-state index is 0.0657. The number of aryl methyl sites for hydroxylation is 1. The Kier molecular flexibility index (Phi) is 5.32. The highest BCUT2D eigenvalue weighted by atomic mass is 16.5. The zero-order chi connectivity index (χ0) is 17.8. The van der Waals surface area contributed by atoms with E-state index in [9.17, 15) is 0 Å². The SMILES string of the molecule is COc1ccc([C@H]2CCc3ccc(OC)c(CC=C(C)C)c3O2)cc1. The molecule has 0 unspecified atom stereocenters. The minimum atomic E-state index is 0.0657. The van der Waals surface area contributed by atoms with Crippen LogP contribution in [0.4, 0.5) is 0 Å². The maximum absolute atomic E-state index is 6.45. The van der Waals surface area contributed by atoms with Gasteiger partial charge in [0, 0.05) is 5.56 Å². The average molecular weight is 338 g/mol. The van der Waals surface area contributed by atoms with Crippen molar-refractivity contribution in [3.63, 3.8) is 0 Å². The van der Waals surface area contributed by atoms with Crippen molar-refractivity contribution in [2.24, 2.45) is 0 Å². The van der Waals surface area contributed by atoms with Gasteiger partial charge in [-0.1, -0.05) is 29.8 Å². The van der Waals surface area contributed by atoms with Crippen LogP contribution < -0.4 is 14.2 Å². The topological polar surface area (TPSA) is 27.7 Å². The Hall–Kier alpha value is -2.42. The van der Waals surface area contributed by atoms with E-state index in [1.54, 1.807) is 14.2 Å². The van der Waals surface area contributed by atoms with Crippen molar-refractivity contribution < 1.29 is 14.2 Å². The molecule has 1 atom stereocenters. The number of methoxy groups -OCH3 is 2. The summed E-state index contributed by atoms with van der Waals surface area (Å²) < 4.78 is 17.3. The molecule has 0 saturated heterocycles. The summed E-state index contributed by atoms with van der Waals surface area (Å²) in [5.74, 6) is 2.75. The number of hydrogen-bond donors (Lipinski definition) is 0. The second kappa shape index (κ2) is 7.64. The summed E-state index contributed by atoms with van der Waals surface area (Å²) in [7, 11) is 3.40. The van der Waals surface area contributed by atoms with Crippen molar-refractivity contribution in [1.29, 1.82) is 0 Å². The third-order valence-corrected chi connectivity index (χ3v) is 4.66. The van der Waals surface area contributed by atoms with E-state index in [0.717, 1.165) is 42.1 Å². The number of fused-ring (bicyclic) bond motifs is 1. The van der Waals surface area contributed by atoms with Gasteiger partial charge in [0.15, 0.2) is 0 Å². The fraction of sp³-hybridized carbons (Fsp3) is 0.364. The van der Waals surface area contributed by atoms with Crippen LogP contribution in [-0.4, -0.2) is 14.2 Å². The van der Waals surface area contributed by atoms with E-state index in [-0.39, 0.29) is 6.10 Å². The molecule has 0 fully saturated rings. The lowest BCUT2D eigenvalue weighted by atomic mass is 9.94. The van der Waals surface area contributed by atoms with Gasteiger partial charge in [0.25, 0.3) is 0 Å². The first-order valence-electron chi connectivity index (χ1n) is 8.75. The highest BCUT2D eigenvalue weighted by Gasteiger charge is 2.25. The molecule has 2 aromatic carbocycles. The molecule has 3 heteroatoms. The summed E-state index contributed by atoms with van der Waals surface area (Å²) in [5, 5.41) is 0. The Morgan fingerprint density at radius 2 is 1.84 bits per heavy atom. The highest BCUT2D eigenvalue weighted by Crippen LogP contribution is 2.41. The molecule has 0 radical (unpaired) electrons. The summed E-state index contributed by atoms with van der Waals surface area (Å²) in [5.41, 5.74) is 4.88. The maximum atomic E-state index is 6.45. The third kappa shape index (κ3) is 3.81. The van der Waals surface area contributed by atoms with Gasteiger partial charge in [0.1, 0.15) is 23.4 Å². The summed E-state index contributed by atoms with van der Waals surface area (Å²) in [6.07, 6.45) is 5.10. The quantitative estimate of drug-likeness (QED) is 0.694. The van der Waals surface area contributed by atoms with Crippen LogP contribution >= 0.6 is 0 Å². The van der Waals surface area contributed by atoms with Gasteiger partial charge in [-0.3, -0.25) is 0 Å². The Morgan fingerprint density at radius 3 is 2.48 bits per heavy atom. The monoisotopic (exact) mass is 338 g/mol. The molecular weight excluding hydrogens is 312 g/mol. The average Bonchev–Trinajstić information content (AvgIpc) is 2.65. The molecule has 1 aliphatic heterocycles. The summed E-state index contributed by atoms with van der Waals surface area (Å²) in [6, 6.07) is 12.3. The number of hydrogen-bond acceptors (Lipinski definition) is 3. The molecule has 0 aliphatic carbocycles. The Morgan fingerprint density at radius 1 is 1.08 bits per heavy atom. The lowest BCUT2D eigenvalue weighted by Crippen LogP contribution is -2.17. The van der Waals surface area contributed by atoms with Gasteiger partial charge in [-0.25, -0.2) is 0 Å². The fourth-order valence-electron chi connectivity index (χ4n) is 3.23. The van der Waals surface area contributed by atoms with Crippen molar-refractivity contribution in [3.8, 4) is 17.2 Å². The normalized spacial score (nSPS) is 15.8. The molecule has 2 aromatic rings. The fourth-order valence-corrected chi connectivity index (χ4v) is 3.23. The van der Waals surface area contributed by atoms with Gasteiger partial charge in [-0.2, -0.15) is 0 Å². The molecule has 0 N–H and O–H groups in total. The maximum Gasteiger partial charge on any atom is 0.130 e. The smallest absolute Gasteiger partial charge is 0.130 e. The Balaban J connectivity index is 1.93. The van der Waals surface area contributed by atoms with E-state index in [1.165, 1.54) is 16.7 Å².